The Bertz CT molecular complexity index is 1100. The highest BCUT2D eigenvalue weighted by atomic mass is 19.4. The van der Waals surface area contributed by atoms with E-state index in [2.05, 4.69) is 10.2 Å². The summed E-state index contributed by atoms with van der Waals surface area (Å²) in [5, 5.41) is 3.16. The zero-order chi connectivity index (χ0) is 23.5. The second-order valence-corrected chi connectivity index (χ2v) is 10.5. The van der Waals surface area contributed by atoms with Crippen molar-refractivity contribution in [3.63, 3.8) is 0 Å². The molecule has 2 aliphatic carbocycles. The molecule has 0 radical (unpaired) electrons. The van der Waals surface area contributed by atoms with E-state index in [1.165, 1.54) is 12.1 Å². The highest BCUT2D eigenvalue weighted by Crippen LogP contribution is 2.61. The Morgan fingerprint density at radius 1 is 1.06 bits per heavy atom. The van der Waals surface area contributed by atoms with E-state index in [-0.39, 0.29) is 23.1 Å². The molecule has 2 aromatic carbocycles. The van der Waals surface area contributed by atoms with Gasteiger partial charge in [-0.3, -0.25) is 4.90 Å². The normalized spacial score (nSPS) is 28.9. The average molecular weight is 471 g/mol. The van der Waals surface area contributed by atoms with E-state index in [1.807, 2.05) is 12.1 Å². The molecule has 4 nitrogen and oxygen atoms in total. The maximum absolute atomic E-state index is 13.7. The summed E-state index contributed by atoms with van der Waals surface area (Å²) in [6.45, 7) is 2.95. The van der Waals surface area contributed by atoms with E-state index < -0.39 is 17.8 Å². The van der Waals surface area contributed by atoms with Crippen LogP contribution in [0.25, 0.3) is 11.1 Å². The minimum Gasteiger partial charge on any atom is -0.445 e. The first-order valence-electron chi connectivity index (χ1n) is 12.3. The lowest BCUT2D eigenvalue weighted by molar-refractivity contribution is -0.137. The Morgan fingerprint density at radius 2 is 1.82 bits per heavy atom. The minimum absolute atomic E-state index is 0.0107. The van der Waals surface area contributed by atoms with Gasteiger partial charge in [0.05, 0.1) is 11.6 Å². The summed E-state index contributed by atoms with van der Waals surface area (Å²) in [5.41, 5.74) is 2.08. The molecule has 2 atom stereocenters. The number of halogens is 3. The van der Waals surface area contributed by atoms with Gasteiger partial charge in [0.25, 0.3) is 0 Å². The zero-order valence-electron chi connectivity index (χ0n) is 19.0. The van der Waals surface area contributed by atoms with Crippen LogP contribution in [0.2, 0.25) is 0 Å². The third kappa shape index (κ3) is 3.88. The lowest BCUT2D eigenvalue weighted by atomic mass is 9.76. The number of rotatable bonds is 3. The Morgan fingerprint density at radius 3 is 2.50 bits per heavy atom. The molecule has 4 fully saturated rings. The van der Waals surface area contributed by atoms with Gasteiger partial charge in [-0.1, -0.05) is 30.3 Å². The maximum atomic E-state index is 13.7. The Hall–Kier alpha value is -2.54. The second-order valence-electron chi connectivity index (χ2n) is 10.5. The van der Waals surface area contributed by atoms with Gasteiger partial charge >= 0.3 is 12.3 Å². The molecule has 1 unspecified atom stereocenters. The van der Waals surface area contributed by atoms with Gasteiger partial charge in [-0.05, 0) is 97.3 Å². The number of hydrogen-bond donors (Lipinski definition) is 1. The number of hydrogen-bond acceptors (Lipinski definition) is 3. The van der Waals surface area contributed by atoms with Crippen LogP contribution < -0.4 is 5.32 Å². The van der Waals surface area contributed by atoms with Gasteiger partial charge in [0.2, 0.25) is 0 Å². The van der Waals surface area contributed by atoms with E-state index in [4.69, 9.17) is 4.74 Å². The van der Waals surface area contributed by atoms with E-state index in [0.29, 0.717) is 11.5 Å². The number of alkyl carbamates (subject to hydrolysis) is 1. The summed E-state index contributed by atoms with van der Waals surface area (Å²) in [4.78, 5) is 15.4. The van der Waals surface area contributed by atoms with Crippen molar-refractivity contribution in [2.45, 2.75) is 56.8 Å². The minimum atomic E-state index is -4.43. The van der Waals surface area contributed by atoms with Crippen molar-refractivity contribution in [1.29, 1.82) is 0 Å². The van der Waals surface area contributed by atoms with Gasteiger partial charge in [-0.15, -0.1) is 0 Å². The lowest BCUT2D eigenvalue weighted by Gasteiger charge is -2.44. The molecule has 3 saturated heterocycles. The predicted octanol–water partition coefficient (Wildman–Crippen LogP) is 5.96. The molecule has 180 valence electrons. The number of ether oxygens (including phenoxy) is 1. The molecule has 1 spiro atoms. The highest BCUT2D eigenvalue weighted by molar-refractivity contribution is 5.72. The van der Waals surface area contributed by atoms with Gasteiger partial charge in [0, 0.05) is 6.54 Å². The summed E-state index contributed by atoms with van der Waals surface area (Å²) >= 11 is 0. The highest BCUT2D eigenvalue weighted by Gasteiger charge is 2.53. The number of carbonyl (C=O) groups is 1. The standard InChI is InChI=1S/C27H29F3N2O2/c28-27(29,30)22-4-2-1-3-20(22)19-6-5-17-7-10-26(11-12-26)24(21(17)15-19)31-25(33)34-23-16-32-13-8-18(23)9-14-32/h1-6,15,18,23-24H,7-14,16H2,(H,31,33)/t23-,24?/m0/s1. The Balaban J connectivity index is 1.29. The van der Waals surface area contributed by atoms with E-state index in [9.17, 15) is 18.0 Å². The molecule has 7 heteroatoms. The molecule has 5 aliphatic rings. The fourth-order valence-corrected chi connectivity index (χ4v) is 6.36. The van der Waals surface area contributed by atoms with Gasteiger partial charge in [0.1, 0.15) is 6.10 Å². The van der Waals surface area contributed by atoms with E-state index in [0.717, 1.165) is 75.4 Å². The number of piperidine rings is 3. The molecule has 1 amide bonds. The van der Waals surface area contributed by atoms with Crippen LogP contribution in [0.1, 0.15) is 54.8 Å². The number of amides is 1. The average Bonchev–Trinajstić information content (AvgIpc) is 3.61. The summed E-state index contributed by atoms with van der Waals surface area (Å²) in [6.07, 6.45) is 1.11. The molecule has 34 heavy (non-hydrogen) atoms. The van der Waals surface area contributed by atoms with Crippen LogP contribution in [0.15, 0.2) is 42.5 Å². The first-order chi connectivity index (χ1) is 16.3. The topological polar surface area (TPSA) is 41.6 Å². The number of alkyl halides is 3. The first-order valence-corrected chi connectivity index (χ1v) is 12.3. The number of nitrogens with one attached hydrogen (secondary N) is 1. The van der Waals surface area contributed by atoms with Crippen LogP contribution in [-0.4, -0.2) is 36.7 Å². The second kappa shape index (κ2) is 8.01. The van der Waals surface area contributed by atoms with Crippen LogP contribution in [-0.2, 0) is 17.3 Å². The fourth-order valence-electron chi connectivity index (χ4n) is 6.36. The molecule has 2 bridgehead atoms. The summed E-state index contributed by atoms with van der Waals surface area (Å²) in [6, 6.07) is 11.0. The van der Waals surface area contributed by atoms with Crippen LogP contribution in [0.4, 0.5) is 18.0 Å². The monoisotopic (exact) mass is 470 g/mol. The molecule has 3 aliphatic heterocycles. The number of benzene rings is 2. The number of nitrogens with zero attached hydrogens (tertiary/aromatic N) is 1. The number of fused-ring (bicyclic) bond motifs is 4. The fraction of sp³-hybridized carbons (Fsp3) is 0.519. The van der Waals surface area contributed by atoms with E-state index >= 15 is 0 Å². The van der Waals surface area contributed by atoms with Crippen molar-refractivity contribution in [2.24, 2.45) is 11.3 Å². The van der Waals surface area contributed by atoms with Gasteiger partial charge in [0.15, 0.2) is 0 Å². The zero-order valence-corrected chi connectivity index (χ0v) is 19.0. The molecular formula is C27H29F3N2O2. The van der Waals surface area contributed by atoms with Crippen LogP contribution in [0.5, 0.6) is 0 Å². The van der Waals surface area contributed by atoms with Crippen molar-refractivity contribution in [3.05, 3.63) is 59.2 Å². The summed E-state index contributed by atoms with van der Waals surface area (Å²) in [5.74, 6) is 0.426. The molecule has 7 rings (SSSR count). The quantitative estimate of drug-likeness (QED) is 0.602. The van der Waals surface area contributed by atoms with Crippen LogP contribution in [0, 0.1) is 11.3 Å². The molecule has 3 heterocycles. The number of aryl methyl sites for hydroxylation is 1. The summed E-state index contributed by atoms with van der Waals surface area (Å²) in [7, 11) is 0. The van der Waals surface area contributed by atoms with Crippen molar-refractivity contribution in [3.8, 4) is 11.1 Å². The largest absolute Gasteiger partial charge is 0.445 e. The van der Waals surface area contributed by atoms with Crippen molar-refractivity contribution in [2.75, 3.05) is 19.6 Å². The SMILES string of the molecule is O=C(NC1c2cc(-c3ccccc3C(F)(F)F)ccc2CCC12CC2)O[C@H]1CN2CCC1CC2. The molecule has 2 aromatic rings. The lowest BCUT2D eigenvalue weighted by Crippen LogP contribution is -2.53. The van der Waals surface area contributed by atoms with Crippen LogP contribution in [0.3, 0.4) is 0 Å². The molecular weight excluding hydrogens is 441 g/mol. The maximum Gasteiger partial charge on any atom is 0.417 e. The Kier molecular flexibility index (Phi) is 5.17. The Labute approximate surface area is 197 Å². The van der Waals surface area contributed by atoms with Gasteiger partial charge in [-0.2, -0.15) is 13.2 Å². The molecule has 1 N–H and O–H groups in total. The van der Waals surface area contributed by atoms with Crippen LogP contribution >= 0.6 is 0 Å². The van der Waals surface area contributed by atoms with Crippen molar-refractivity contribution >= 4 is 6.09 Å². The van der Waals surface area contributed by atoms with Gasteiger partial charge in [-0.25, -0.2) is 4.79 Å². The third-order valence-electron chi connectivity index (χ3n) is 8.51. The van der Waals surface area contributed by atoms with Gasteiger partial charge < -0.3 is 10.1 Å². The van der Waals surface area contributed by atoms with Crippen molar-refractivity contribution < 1.29 is 22.7 Å². The van der Waals surface area contributed by atoms with Crippen molar-refractivity contribution in [1.82, 2.24) is 10.2 Å². The third-order valence-corrected chi connectivity index (χ3v) is 8.51. The van der Waals surface area contributed by atoms with E-state index in [1.54, 1.807) is 12.1 Å². The number of carbonyl (C=O) groups excluding carboxylic acids is 1. The molecule has 0 aromatic heterocycles. The molecule has 1 saturated carbocycles. The first kappa shape index (κ1) is 22.0. The smallest absolute Gasteiger partial charge is 0.417 e. The summed E-state index contributed by atoms with van der Waals surface area (Å²) < 4.78 is 46.9. The predicted molar refractivity (Wildman–Crippen MR) is 122 cm³/mol.